The van der Waals surface area contributed by atoms with Crippen LogP contribution in [-0.4, -0.2) is 5.75 Å². The van der Waals surface area contributed by atoms with Gasteiger partial charge in [-0.1, -0.05) is 30.3 Å². The van der Waals surface area contributed by atoms with Crippen LogP contribution < -0.4 is 0 Å². The lowest BCUT2D eigenvalue weighted by atomic mass is 10.2. The molecule has 0 aliphatic rings. The Kier molecular flexibility index (Phi) is 3.10. The van der Waals surface area contributed by atoms with Gasteiger partial charge in [0, 0.05) is 5.75 Å². The lowest BCUT2D eigenvalue weighted by molar-refractivity contribution is 1.11. The summed E-state index contributed by atoms with van der Waals surface area (Å²) in [6, 6.07) is 9.95. The van der Waals surface area contributed by atoms with Gasteiger partial charge < -0.3 is 0 Å². The first kappa shape index (κ1) is 7.96. The van der Waals surface area contributed by atoms with E-state index >= 15 is 0 Å². The molecule has 0 saturated carbocycles. The van der Waals surface area contributed by atoms with Crippen LogP contribution in [0.3, 0.4) is 0 Å². The second-order valence-corrected chi connectivity index (χ2v) is 2.95. The maximum absolute atomic E-state index is 5.91. The van der Waals surface area contributed by atoms with E-state index in [4.69, 9.17) is 11.6 Å². The number of halogens is 1. The fourth-order valence-electron chi connectivity index (χ4n) is 0.767. The van der Waals surface area contributed by atoms with Gasteiger partial charge in [-0.25, -0.2) is 0 Å². The summed E-state index contributed by atoms with van der Waals surface area (Å²) in [5.74, 6) is 0.686. The van der Waals surface area contributed by atoms with Crippen molar-refractivity contribution in [2.45, 2.75) is 5.38 Å². The molecule has 0 heterocycles. The predicted octanol–water partition coefficient (Wildman–Crippen LogP) is 2.90. The van der Waals surface area contributed by atoms with Crippen LogP contribution in [0.25, 0.3) is 0 Å². The molecule has 0 N–H and O–H groups in total. The number of rotatable bonds is 2. The third kappa shape index (κ3) is 1.93. The molecule has 0 nitrogen and oxygen atoms in total. The number of thiol groups is 1. The van der Waals surface area contributed by atoms with E-state index in [-0.39, 0.29) is 5.38 Å². The van der Waals surface area contributed by atoms with E-state index in [1.165, 1.54) is 0 Å². The van der Waals surface area contributed by atoms with Crippen molar-refractivity contribution in [1.29, 1.82) is 0 Å². The highest BCUT2D eigenvalue weighted by molar-refractivity contribution is 7.80. The van der Waals surface area contributed by atoms with E-state index in [9.17, 15) is 0 Å². The Morgan fingerprint density at radius 2 is 1.90 bits per heavy atom. The number of hydrogen-bond acceptors (Lipinski definition) is 1. The fraction of sp³-hybridized carbons (Fsp3) is 0.250. The Balaban J connectivity index is 2.75. The molecule has 0 fully saturated rings. The Morgan fingerprint density at radius 3 is 2.40 bits per heavy atom. The summed E-state index contributed by atoms with van der Waals surface area (Å²) in [5.41, 5.74) is 1.14. The molecule has 0 aliphatic heterocycles. The highest BCUT2D eigenvalue weighted by atomic mass is 35.5. The molecule has 0 amide bonds. The van der Waals surface area contributed by atoms with Crippen LogP contribution in [0.1, 0.15) is 10.9 Å². The zero-order valence-corrected chi connectivity index (χ0v) is 7.15. The highest BCUT2D eigenvalue weighted by Gasteiger charge is 2.02. The molecule has 1 aromatic carbocycles. The molecule has 2 heteroatoms. The van der Waals surface area contributed by atoms with Crippen molar-refractivity contribution < 1.29 is 0 Å². The molecule has 1 aromatic rings. The van der Waals surface area contributed by atoms with Crippen LogP contribution in [0.5, 0.6) is 0 Å². The molecule has 10 heavy (non-hydrogen) atoms. The maximum Gasteiger partial charge on any atom is 0.0673 e. The van der Waals surface area contributed by atoms with Crippen LogP contribution in [-0.2, 0) is 0 Å². The largest absolute Gasteiger partial charge is 0.177 e. The summed E-state index contributed by atoms with van der Waals surface area (Å²) in [6.45, 7) is 0. The third-order valence-corrected chi connectivity index (χ3v) is 2.31. The SMILES string of the molecule is SCC(Cl)c1ccccc1. The van der Waals surface area contributed by atoms with E-state index in [0.717, 1.165) is 5.56 Å². The van der Waals surface area contributed by atoms with Gasteiger partial charge in [0.2, 0.25) is 0 Å². The average molecular weight is 173 g/mol. The van der Waals surface area contributed by atoms with Gasteiger partial charge >= 0.3 is 0 Å². The van der Waals surface area contributed by atoms with Gasteiger partial charge in [0.1, 0.15) is 0 Å². The molecule has 1 atom stereocenters. The van der Waals surface area contributed by atoms with Gasteiger partial charge in [0.25, 0.3) is 0 Å². The molecule has 0 aromatic heterocycles. The summed E-state index contributed by atoms with van der Waals surface area (Å²) < 4.78 is 0. The molecule has 1 unspecified atom stereocenters. The molecular formula is C8H9ClS. The van der Waals surface area contributed by atoms with E-state index < -0.39 is 0 Å². The van der Waals surface area contributed by atoms with E-state index in [0.29, 0.717) is 5.75 Å². The smallest absolute Gasteiger partial charge is 0.0673 e. The van der Waals surface area contributed by atoms with Gasteiger partial charge in [-0.05, 0) is 5.56 Å². The number of benzene rings is 1. The Labute approximate surface area is 71.6 Å². The highest BCUT2D eigenvalue weighted by Crippen LogP contribution is 2.20. The molecular weight excluding hydrogens is 164 g/mol. The third-order valence-electron chi connectivity index (χ3n) is 1.32. The Morgan fingerprint density at radius 1 is 1.30 bits per heavy atom. The quantitative estimate of drug-likeness (QED) is 0.515. The molecule has 0 saturated heterocycles. The minimum Gasteiger partial charge on any atom is -0.177 e. The zero-order valence-electron chi connectivity index (χ0n) is 5.50. The topological polar surface area (TPSA) is 0 Å². The van der Waals surface area contributed by atoms with Gasteiger partial charge in [-0.3, -0.25) is 0 Å². The van der Waals surface area contributed by atoms with Crippen LogP contribution >= 0.6 is 24.2 Å². The predicted molar refractivity (Wildman–Crippen MR) is 48.9 cm³/mol. The van der Waals surface area contributed by atoms with Gasteiger partial charge in [0.15, 0.2) is 0 Å². The van der Waals surface area contributed by atoms with Crippen molar-refractivity contribution in [2.75, 3.05) is 5.75 Å². The number of alkyl halides is 1. The summed E-state index contributed by atoms with van der Waals surface area (Å²) in [5, 5.41) is 0.0459. The number of hydrogen-bond donors (Lipinski definition) is 1. The molecule has 54 valence electrons. The van der Waals surface area contributed by atoms with Gasteiger partial charge in [-0.2, -0.15) is 12.6 Å². The average Bonchev–Trinajstić information content (AvgIpc) is 2.05. The molecule has 0 bridgehead atoms. The summed E-state index contributed by atoms with van der Waals surface area (Å²) in [6.07, 6.45) is 0. The lowest BCUT2D eigenvalue weighted by Crippen LogP contribution is -1.89. The second kappa shape index (κ2) is 3.89. The second-order valence-electron chi connectivity index (χ2n) is 2.06. The first-order chi connectivity index (χ1) is 4.84. The van der Waals surface area contributed by atoms with E-state index in [1.54, 1.807) is 0 Å². The van der Waals surface area contributed by atoms with Crippen LogP contribution in [0.15, 0.2) is 30.3 Å². The Hall–Kier alpha value is -0.140. The van der Waals surface area contributed by atoms with Gasteiger partial charge in [0.05, 0.1) is 5.38 Å². The van der Waals surface area contributed by atoms with Crippen molar-refractivity contribution in [2.24, 2.45) is 0 Å². The fourth-order valence-corrected chi connectivity index (χ4v) is 1.12. The monoisotopic (exact) mass is 172 g/mol. The van der Waals surface area contributed by atoms with Crippen molar-refractivity contribution in [1.82, 2.24) is 0 Å². The minimum atomic E-state index is 0.0459. The maximum atomic E-state index is 5.91. The molecule has 0 aliphatic carbocycles. The lowest BCUT2D eigenvalue weighted by Gasteiger charge is -2.03. The normalized spacial score (nSPS) is 13.0. The first-order valence-electron chi connectivity index (χ1n) is 3.14. The summed E-state index contributed by atoms with van der Waals surface area (Å²) in [4.78, 5) is 0. The minimum absolute atomic E-state index is 0.0459. The van der Waals surface area contributed by atoms with Crippen molar-refractivity contribution >= 4 is 24.2 Å². The molecule has 0 radical (unpaired) electrons. The zero-order chi connectivity index (χ0) is 7.40. The van der Waals surface area contributed by atoms with Crippen molar-refractivity contribution in [3.05, 3.63) is 35.9 Å². The van der Waals surface area contributed by atoms with E-state index in [1.807, 2.05) is 30.3 Å². The Bertz CT molecular complexity index is 186. The summed E-state index contributed by atoms with van der Waals surface area (Å²) in [7, 11) is 0. The van der Waals surface area contributed by atoms with Crippen molar-refractivity contribution in [3.63, 3.8) is 0 Å². The molecule has 1 rings (SSSR count). The first-order valence-corrected chi connectivity index (χ1v) is 4.21. The van der Waals surface area contributed by atoms with Crippen LogP contribution in [0, 0.1) is 0 Å². The van der Waals surface area contributed by atoms with Crippen LogP contribution in [0.4, 0.5) is 0 Å². The van der Waals surface area contributed by atoms with Crippen LogP contribution in [0.2, 0.25) is 0 Å². The standard InChI is InChI=1S/C8H9ClS/c9-8(6-10)7-4-2-1-3-5-7/h1-5,8,10H,6H2. The van der Waals surface area contributed by atoms with E-state index in [2.05, 4.69) is 12.6 Å². The summed E-state index contributed by atoms with van der Waals surface area (Å²) >= 11 is 10.0. The molecule has 0 spiro atoms. The van der Waals surface area contributed by atoms with Crippen molar-refractivity contribution in [3.8, 4) is 0 Å². The van der Waals surface area contributed by atoms with Gasteiger partial charge in [-0.15, -0.1) is 11.6 Å².